The van der Waals surface area contributed by atoms with E-state index in [1.54, 1.807) is 44.4 Å². The van der Waals surface area contributed by atoms with E-state index in [-0.39, 0.29) is 24.0 Å². The van der Waals surface area contributed by atoms with Crippen molar-refractivity contribution in [2.45, 2.75) is 12.8 Å². The first kappa shape index (κ1) is 24.9. The molecule has 3 rings (SSSR count). The molecule has 0 aliphatic carbocycles. The number of carbonyl (C=O) groups excluding carboxylic acids is 2. The number of amides is 2. The van der Waals surface area contributed by atoms with Crippen LogP contribution in [0.25, 0.3) is 0 Å². The van der Waals surface area contributed by atoms with Crippen molar-refractivity contribution >= 4 is 34.7 Å². The number of nitrogens with one attached hydrogen (secondary N) is 2. The zero-order valence-electron chi connectivity index (χ0n) is 19.8. The Labute approximate surface area is 198 Å². The molecule has 1 fully saturated rings. The normalized spacial score (nSPS) is 15.5. The van der Waals surface area contributed by atoms with Gasteiger partial charge < -0.3 is 26.0 Å². The minimum absolute atomic E-state index is 0.0166. The average molecular weight is 471 g/mol. The number of hydrogen-bond acceptors (Lipinski definition) is 7. The smallest absolute Gasteiger partial charge is 0.292 e. The topological polar surface area (TPSA) is 133 Å². The summed E-state index contributed by atoms with van der Waals surface area (Å²) in [6.07, 6.45) is 3.32. The number of nitrogens with two attached hydrogens (primary N) is 1. The van der Waals surface area contributed by atoms with Gasteiger partial charge in [0.25, 0.3) is 11.6 Å². The summed E-state index contributed by atoms with van der Waals surface area (Å²) in [7, 11) is 4.85. The fourth-order valence-corrected chi connectivity index (χ4v) is 3.84. The summed E-state index contributed by atoms with van der Waals surface area (Å²) in [5.41, 5.74) is 7.64. The lowest BCUT2D eigenvalue weighted by molar-refractivity contribution is -0.627. The van der Waals surface area contributed by atoms with E-state index >= 15 is 0 Å². The Morgan fingerprint density at radius 1 is 1.29 bits per heavy atom. The number of pyridine rings is 1. The summed E-state index contributed by atoms with van der Waals surface area (Å²) in [5.74, 6) is 0.161. The molecule has 1 atom stereocenters. The maximum atomic E-state index is 12.2. The number of nitrogens with zero attached hydrogens (tertiary/aromatic N) is 4. The van der Waals surface area contributed by atoms with Crippen LogP contribution in [0.3, 0.4) is 0 Å². The second kappa shape index (κ2) is 11.4. The van der Waals surface area contributed by atoms with Gasteiger partial charge in [0.05, 0.1) is 30.3 Å². The van der Waals surface area contributed by atoms with Crippen molar-refractivity contribution in [1.29, 1.82) is 0 Å². The second-order valence-corrected chi connectivity index (χ2v) is 8.43. The zero-order chi connectivity index (χ0) is 24.7. The number of ether oxygens (including phenoxy) is 1. The van der Waals surface area contributed by atoms with Gasteiger partial charge in [0.1, 0.15) is 12.4 Å². The summed E-state index contributed by atoms with van der Waals surface area (Å²) in [5, 5.41) is 7.92. The number of methoxy groups -OCH3 is 1. The van der Waals surface area contributed by atoms with Gasteiger partial charge in [0.2, 0.25) is 5.91 Å². The van der Waals surface area contributed by atoms with Crippen LogP contribution >= 0.6 is 0 Å². The number of likely N-dealkylation sites (tertiary alicyclic amines) is 1. The van der Waals surface area contributed by atoms with Crippen molar-refractivity contribution in [3.8, 4) is 0 Å². The molecule has 1 aliphatic heterocycles. The minimum atomic E-state index is -0.578. The van der Waals surface area contributed by atoms with E-state index in [0.717, 1.165) is 29.9 Å². The van der Waals surface area contributed by atoms with Crippen LogP contribution < -0.4 is 16.4 Å². The Hall–Kier alpha value is -3.73. The van der Waals surface area contributed by atoms with E-state index in [0.29, 0.717) is 30.3 Å². The Balaban J connectivity index is 1.68. The highest BCUT2D eigenvalue weighted by atomic mass is 16.5. The van der Waals surface area contributed by atoms with E-state index in [2.05, 4.69) is 15.6 Å². The lowest BCUT2D eigenvalue weighted by Gasteiger charge is -2.33. The summed E-state index contributed by atoms with van der Waals surface area (Å²) >= 11 is 0. The van der Waals surface area contributed by atoms with Crippen LogP contribution in [0.1, 0.15) is 23.2 Å². The van der Waals surface area contributed by atoms with Gasteiger partial charge in [-0.2, -0.15) is 0 Å². The number of hydrazine groups is 1. The van der Waals surface area contributed by atoms with Crippen LogP contribution in [0.15, 0.2) is 36.5 Å². The maximum Gasteiger partial charge on any atom is 0.292 e. The number of hydrogen-bond donors (Lipinski definition) is 3. The third-order valence-electron chi connectivity index (χ3n) is 5.61. The summed E-state index contributed by atoms with van der Waals surface area (Å²) in [6.45, 7) is 2.02. The summed E-state index contributed by atoms with van der Waals surface area (Å²) in [4.78, 5) is 43.0. The van der Waals surface area contributed by atoms with E-state index in [9.17, 15) is 14.5 Å². The van der Waals surface area contributed by atoms with Crippen LogP contribution in [0.5, 0.6) is 0 Å². The third-order valence-corrected chi connectivity index (χ3v) is 5.61. The highest BCUT2D eigenvalue weighted by Gasteiger charge is 2.24. The molecule has 1 aromatic carbocycles. The van der Waals surface area contributed by atoms with Crippen molar-refractivity contribution in [1.82, 2.24) is 14.9 Å². The molecular formula is C23H32N7O4+. The van der Waals surface area contributed by atoms with Crippen molar-refractivity contribution in [2.75, 3.05) is 58.1 Å². The van der Waals surface area contributed by atoms with Gasteiger partial charge in [0.15, 0.2) is 4.87 Å². The number of rotatable bonds is 10. The molecule has 2 heterocycles. The highest BCUT2D eigenvalue weighted by molar-refractivity contribution is 5.98. The van der Waals surface area contributed by atoms with E-state index < -0.39 is 5.91 Å². The van der Waals surface area contributed by atoms with Gasteiger partial charge >= 0.3 is 0 Å². The molecule has 34 heavy (non-hydrogen) atoms. The number of nitroso groups, excluding NO2 is 1. The maximum absolute atomic E-state index is 12.2. The average Bonchev–Trinajstić information content (AvgIpc) is 2.83. The number of primary amides is 1. The molecule has 4 N–H and O–H groups in total. The third kappa shape index (κ3) is 6.41. The molecule has 0 saturated carbocycles. The fourth-order valence-electron chi connectivity index (χ4n) is 3.84. The molecule has 0 spiro atoms. The van der Waals surface area contributed by atoms with Gasteiger partial charge in [-0.15, -0.1) is 5.01 Å². The first-order valence-corrected chi connectivity index (χ1v) is 11.1. The molecule has 2 amide bonds. The predicted molar refractivity (Wildman–Crippen MR) is 129 cm³/mol. The molecule has 0 radical (unpaired) electrons. The standard InChI is InChI=1S/C23H31N7O4/c1-28(2)30(33)18-8-6-17(7-9-18)27-21-11-20(19(13-26-21)23(24)32)25-12-16-5-4-10-29(14-16)22(31)15-34-3/h6-9,11,13,16H,4-5,10,12,14-15H2,1-3H3,(H3-,24,25,26,27,32,33)/p+1. The monoisotopic (exact) mass is 470 g/mol. The highest BCUT2D eigenvalue weighted by Crippen LogP contribution is 2.25. The van der Waals surface area contributed by atoms with Crippen molar-refractivity contribution in [2.24, 2.45) is 11.7 Å². The Bertz CT molecular complexity index is 1030. The first-order valence-electron chi connectivity index (χ1n) is 11.1. The largest absolute Gasteiger partial charge is 0.384 e. The second-order valence-electron chi connectivity index (χ2n) is 8.43. The summed E-state index contributed by atoms with van der Waals surface area (Å²) in [6, 6.07) is 8.67. The van der Waals surface area contributed by atoms with Crippen molar-refractivity contribution in [3.63, 3.8) is 0 Å². The Morgan fingerprint density at radius 2 is 2.03 bits per heavy atom. The molecule has 1 aliphatic rings. The Morgan fingerprint density at radius 3 is 2.68 bits per heavy atom. The lowest BCUT2D eigenvalue weighted by atomic mass is 9.97. The molecule has 11 heteroatoms. The number of anilines is 3. The van der Waals surface area contributed by atoms with Crippen LogP contribution in [-0.4, -0.2) is 79.0 Å². The van der Waals surface area contributed by atoms with Crippen LogP contribution in [0.4, 0.5) is 22.9 Å². The molecule has 2 aromatic rings. The molecule has 1 saturated heterocycles. The number of piperidine rings is 1. The van der Waals surface area contributed by atoms with Crippen LogP contribution in [0.2, 0.25) is 0 Å². The van der Waals surface area contributed by atoms with Crippen molar-refractivity contribution in [3.05, 3.63) is 47.0 Å². The first-order chi connectivity index (χ1) is 16.3. The van der Waals surface area contributed by atoms with Crippen LogP contribution in [0, 0.1) is 10.8 Å². The fraction of sp³-hybridized carbons (Fsp3) is 0.435. The quantitative estimate of drug-likeness (QED) is 0.355. The van der Waals surface area contributed by atoms with Gasteiger partial charge in [-0.3, -0.25) is 9.59 Å². The van der Waals surface area contributed by atoms with E-state index in [1.807, 2.05) is 4.90 Å². The van der Waals surface area contributed by atoms with Gasteiger partial charge in [-0.05, 0) is 30.9 Å². The minimum Gasteiger partial charge on any atom is -0.384 e. The molecule has 11 nitrogen and oxygen atoms in total. The molecule has 1 aromatic heterocycles. The predicted octanol–water partition coefficient (Wildman–Crippen LogP) is 2.11. The van der Waals surface area contributed by atoms with E-state index in [4.69, 9.17) is 10.5 Å². The van der Waals surface area contributed by atoms with Crippen molar-refractivity contribution < 1.29 is 19.2 Å². The number of aromatic nitrogens is 1. The zero-order valence-corrected chi connectivity index (χ0v) is 19.8. The molecule has 1 unspecified atom stereocenters. The molecule has 182 valence electrons. The molecule has 0 bridgehead atoms. The number of benzene rings is 1. The van der Waals surface area contributed by atoms with Gasteiger partial charge in [0, 0.05) is 56.8 Å². The number of carbonyl (C=O) groups is 2. The van der Waals surface area contributed by atoms with E-state index in [1.165, 1.54) is 18.3 Å². The van der Waals surface area contributed by atoms with Crippen LogP contribution in [-0.2, 0) is 9.53 Å². The van der Waals surface area contributed by atoms with Gasteiger partial charge in [-0.1, -0.05) is 0 Å². The molecular weight excluding hydrogens is 438 g/mol. The van der Waals surface area contributed by atoms with Gasteiger partial charge in [-0.25, -0.2) is 4.98 Å². The SMILES string of the molecule is COCC(=O)N1CCCC(CNc2cc(Nc3ccc([N+](=O)N(C)C)cc3)ncc2C(N)=O)C1. The Kier molecular flexibility index (Phi) is 8.36. The lowest BCUT2D eigenvalue weighted by Crippen LogP contribution is -2.43. The summed E-state index contributed by atoms with van der Waals surface area (Å²) < 4.78 is 4.96.